The van der Waals surface area contributed by atoms with E-state index in [0.717, 1.165) is 37.3 Å². The van der Waals surface area contributed by atoms with Crippen LogP contribution in [0.2, 0.25) is 0 Å². The molecule has 1 saturated carbocycles. The van der Waals surface area contributed by atoms with Crippen LogP contribution in [0.5, 0.6) is 5.75 Å². The topological polar surface area (TPSA) is 9.23 Å². The minimum atomic E-state index is -4.49. The standard InChI is InChI=1S/C27H21F7O/c1-2-15-3-5-16(6-4-15)17-7-9-18(10-8-17)20-11-12-21(25(31)24(20)30)27(33,34)35-19-13-22(28)26(32)23(29)14-19/h2,7-16H,1,3-6H2. The van der Waals surface area contributed by atoms with Crippen molar-refractivity contribution in [1.29, 1.82) is 0 Å². The molecule has 0 spiro atoms. The Morgan fingerprint density at radius 3 is 1.94 bits per heavy atom. The van der Waals surface area contributed by atoms with Gasteiger partial charge in [0.1, 0.15) is 11.3 Å². The number of rotatable bonds is 6. The second-order valence-corrected chi connectivity index (χ2v) is 8.58. The monoisotopic (exact) mass is 494 g/mol. The highest BCUT2D eigenvalue weighted by Crippen LogP contribution is 2.39. The molecule has 35 heavy (non-hydrogen) atoms. The molecule has 0 heterocycles. The summed E-state index contributed by atoms with van der Waals surface area (Å²) in [5.74, 6) is -9.05. The molecule has 0 atom stereocenters. The Balaban J connectivity index is 1.56. The molecule has 0 aromatic heterocycles. The van der Waals surface area contributed by atoms with Gasteiger partial charge in [-0.15, -0.1) is 6.58 Å². The van der Waals surface area contributed by atoms with Crippen LogP contribution in [0.15, 0.2) is 61.2 Å². The van der Waals surface area contributed by atoms with E-state index in [2.05, 4.69) is 11.3 Å². The quantitative estimate of drug-likeness (QED) is 0.189. The van der Waals surface area contributed by atoms with Crippen molar-refractivity contribution in [2.75, 3.05) is 0 Å². The van der Waals surface area contributed by atoms with E-state index in [0.29, 0.717) is 23.5 Å². The van der Waals surface area contributed by atoms with E-state index in [1.165, 1.54) is 0 Å². The summed E-state index contributed by atoms with van der Waals surface area (Å²) in [4.78, 5) is 0. The van der Waals surface area contributed by atoms with Crippen LogP contribution >= 0.6 is 0 Å². The minimum Gasteiger partial charge on any atom is -0.429 e. The van der Waals surface area contributed by atoms with Crippen molar-refractivity contribution >= 4 is 0 Å². The van der Waals surface area contributed by atoms with E-state index in [1.807, 2.05) is 18.2 Å². The second kappa shape index (κ2) is 9.76. The minimum absolute atomic E-state index is 0.181. The van der Waals surface area contributed by atoms with E-state index < -0.39 is 46.5 Å². The summed E-state index contributed by atoms with van der Waals surface area (Å²) in [5, 5.41) is 0. The fourth-order valence-electron chi connectivity index (χ4n) is 4.41. The third kappa shape index (κ3) is 5.06. The molecular formula is C27H21F7O. The lowest BCUT2D eigenvalue weighted by Crippen LogP contribution is -2.24. The van der Waals surface area contributed by atoms with Gasteiger partial charge < -0.3 is 4.74 Å². The van der Waals surface area contributed by atoms with Gasteiger partial charge >= 0.3 is 6.11 Å². The van der Waals surface area contributed by atoms with Crippen LogP contribution in [-0.4, -0.2) is 0 Å². The second-order valence-electron chi connectivity index (χ2n) is 8.58. The van der Waals surface area contributed by atoms with Crippen LogP contribution in [-0.2, 0) is 6.11 Å². The van der Waals surface area contributed by atoms with E-state index in [1.54, 1.807) is 12.1 Å². The fourth-order valence-corrected chi connectivity index (χ4v) is 4.41. The first-order valence-corrected chi connectivity index (χ1v) is 11.0. The van der Waals surface area contributed by atoms with Crippen molar-refractivity contribution in [2.24, 2.45) is 5.92 Å². The Bertz CT molecular complexity index is 1210. The average Bonchev–Trinajstić information content (AvgIpc) is 2.84. The van der Waals surface area contributed by atoms with E-state index in [4.69, 9.17) is 0 Å². The number of hydrogen-bond donors (Lipinski definition) is 0. The SMILES string of the molecule is C=CC1CCC(c2ccc(-c3ccc(C(F)(F)Oc4cc(F)c(F)c(F)c4)c(F)c3F)cc2)CC1. The summed E-state index contributed by atoms with van der Waals surface area (Å²) in [6, 6.07) is 8.80. The number of alkyl halides is 2. The summed E-state index contributed by atoms with van der Waals surface area (Å²) < 4.78 is 102. The first-order valence-electron chi connectivity index (χ1n) is 11.0. The normalized spacial score (nSPS) is 18.4. The van der Waals surface area contributed by atoms with Gasteiger partial charge in [0.15, 0.2) is 29.1 Å². The maximum absolute atomic E-state index is 14.8. The molecule has 4 rings (SSSR count). The lowest BCUT2D eigenvalue weighted by atomic mass is 9.78. The molecule has 0 saturated heterocycles. The van der Waals surface area contributed by atoms with E-state index in [-0.39, 0.29) is 17.7 Å². The molecule has 1 aliphatic rings. The Kier molecular flexibility index (Phi) is 6.92. The molecule has 0 amide bonds. The third-order valence-electron chi connectivity index (χ3n) is 6.40. The van der Waals surface area contributed by atoms with E-state index >= 15 is 0 Å². The van der Waals surface area contributed by atoms with Crippen LogP contribution in [0.3, 0.4) is 0 Å². The first kappa shape index (κ1) is 24.8. The number of benzene rings is 3. The molecular weight excluding hydrogens is 473 g/mol. The summed E-state index contributed by atoms with van der Waals surface area (Å²) in [5.41, 5.74) is -0.349. The molecule has 0 bridgehead atoms. The molecule has 1 nitrogen and oxygen atoms in total. The first-order chi connectivity index (χ1) is 16.6. The Labute approximate surface area is 197 Å². The van der Waals surface area contributed by atoms with E-state index in [9.17, 15) is 30.7 Å². The molecule has 1 aliphatic carbocycles. The maximum Gasteiger partial charge on any atom is 0.429 e. The molecule has 1 fully saturated rings. The van der Waals surface area contributed by atoms with Crippen LogP contribution in [0.4, 0.5) is 30.7 Å². The molecule has 0 aliphatic heterocycles. The summed E-state index contributed by atoms with van der Waals surface area (Å²) in [7, 11) is 0. The van der Waals surface area contributed by atoms with Crippen molar-refractivity contribution in [2.45, 2.75) is 37.7 Å². The van der Waals surface area contributed by atoms with Gasteiger partial charge in [-0.3, -0.25) is 0 Å². The molecule has 0 N–H and O–H groups in total. The van der Waals surface area contributed by atoms with Crippen LogP contribution < -0.4 is 4.74 Å². The zero-order chi connectivity index (χ0) is 25.3. The van der Waals surface area contributed by atoms with Crippen LogP contribution in [0.25, 0.3) is 11.1 Å². The van der Waals surface area contributed by atoms with Gasteiger partial charge in [0, 0.05) is 17.7 Å². The lowest BCUT2D eigenvalue weighted by Gasteiger charge is -2.27. The molecule has 0 radical (unpaired) electrons. The predicted molar refractivity (Wildman–Crippen MR) is 118 cm³/mol. The van der Waals surface area contributed by atoms with Gasteiger partial charge in [-0.05, 0) is 54.7 Å². The van der Waals surface area contributed by atoms with Crippen molar-refractivity contribution in [1.82, 2.24) is 0 Å². The smallest absolute Gasteiger partial charge is 0.429 e. The van der Waals surface area contributed by atoms with Gasteiger partial charge in [0.2, 0.25) is 0 Å². The average molecular weight is 494 g/mol. The Morgan fingerprint density at radius 2 is 1.37 bits per heavy atom. The fraction of sp³-hybridized carbons (Fsp3) is 0.259. The van der Waals surface area contributed by atoms with Gasteiger partial charge in [-0.1, -0.05) is 36.4 Å². The Hall–Kier alpha value is -3.29. The number of allylic oxidation sites excluding steroid dienone is 1. The Morgan fingerprint density at radius 1 is 0.771 bits per heavy atom. The van der Waals surface area contributed by atoms with Crippen molar-refractivity contribution in [3.05, 3.63) is 101 Å². The predicted octanol–water partition coefficient (Wildman–Crippen LogP) is 8.64. The maximum atomic E-state index is 14.8. The van der Waals surface area contributed by atoms with Crippen LogP contribution in [0, 0.1) is 35.0 Å². The molecule has 8 heteroatoms. The summed E-state index contributed by atoms with van der Waals surface area (Å²) in [6.45, 7) is 3.83. The highest BCUT2D eigenvalue weighted by atomic mass is 19.3. The number of halogens is 7. The zero-order valence-electron chi connectivity index (χ0n) is 18.4. The van der Waals surface area contributed by atoms with Gasteiger partial charge in [0.25, 0.3) is 0 Å². The largest absolute Gasteiger partial charge is 0.429 e. The third-order valence-corrected chi connectivity index (χ3v) is 6.40. The lowest BCUT2D eigenvalue weighted by molar-refractivity contribution is -0.187. The molecule has 184 valence electrons. The van der Waals surface area contributed by atoms with Gasteiger partial charge in [-0.25, -0.2) is 22.0 Å². The summed E-state index contributed by atoms with van der Waals surface area (Å²) >= 11 is 0. The summed E-state index contributed by atoms with van der Waals surface area (Å²) in [6.07, 6.45) is 1.52. The number of hydrogen-bond acceptors (Lipinski definition) is 1. The van der Waals surface area contributed by atoms with Crippen molar-refractivity contribution in [3.63, 3.8) is 0 Å². The van der Waals surface area contributed by atoms with Crippen molar-refractivity contribution in [3.8, 4) is 16.9 Å². The van der Waals surface area contributed by atoms with Gasteiger partial charge in [0.05, 0.1) is 0 Å². The molecule has 3 aromatic carbocycles. The highest BCUT2D eigenvalue weighted by molar-refractivity contribution is 5.65. The molecule has 3 aromatic rings. The van der Waals surface area contributed by atoms with Crippen molar-refractivity contribution < 1.29 is 35.5 Å². The van der Waals surface area contributed by atoms with Gasteiger partial charge in [-0.2, -0.15) is 8.78 Å². The highest BCUT2D eigenvalue weighted by Gasteiger charge is 2.40. The molecule has 0 unspecified atom stereocenters. The zero-order valence-corrected chi connectivity index (χ0v) is 18.4. The van der Waals surface area contributed by atoms with Crippen LogP contribution in [0.1, 0.15) is 42.7 Å². The number of ether oxygens (including phenoxy) is 1.